The Bertz CT molecular complexity index is 535. The van der Waals surface area contributed by atoms with Crippen LogP contribution in [0.25, 0.3) is 6.08 Å². The summed E-state index contributed by atoms with van der Waals surface area (Å²) in [6.07, 6.45) is 3.80. The Morgan fingerprint density at radius 2 is 1.63 bits per heavy atom. The van der Waals surface area contributed by atoms with Crippen LogP contribution in [0.1, 0.15) is 5.56 Å². The fourth-order valence-corrected chi connectivity index (χ4v) is 2.76. The van der Waals surface area contributed by atoms with E-state index < -0.39 is 0 Å². The van der Waals surface area contributed by atoms with E-state index in [1.165, 1.54) is 0 Å². The monoisotopic (exact) mass is 318 g/mol. The normalized spacial score (nSPS) is 10.5. The van der Waals surface area contributed by atoms with Crippen molar-refractivity contribution in [1.29, 1.82) is 0 Å². The summed E-state index contributed by atoms with van der Waals surface area (Å²) >= 11 is -0.262. The van der Waals surface area contributed by atoms with Gasteiger partial charge in [0.25, 0.3) is 0 Å². The standard InChI is InChI=1S/C16H14O2Se/c17-16(19-15-11-5-2-6-12-15)18-13-7-10-14-8-3-1-4-9-14/h1-12H,13H2/b10-7+. The Morgan fingerprint density at radius 3 is 2.32 bits per heavy atom. The molecule has 0 fully saturated rings. The topological polar surface area (TPSA) is 26.3 Å². The predicted molar refractivity (Wildman–Crippen MR) is 78.7 cm³/mol. The number of rotatable bonds is 5. The molecule has 2 rings (SSSR count). The maximum absolute atomic E-state index is 11.6. The first-order valence-electron chi connectivity index (χ1n) is 5.96. The molecular formula is C16H14O2Se. The van der Waals surface area contributed by atoms with E-state index in [1.54, 1.807) is 0 Å². The minimum atomic E-state index is -0.262. The summed E-state index contributed by atoms with van der Waals surface area (Å²) in [7, 11) is 0. The van der Waals surface area contributed by atoms with Gasteiger partial charge in [0.2, 0.25) is 0 Å². The molecule has 0 spiro atoms. The molecule has 2 aromatic carbocycles. The van der Waals surface area contributed by atoms with Gasteiger partial charge in [0, 0.05) is 0 Å². The molecule has 0 radical (unpaired) electrons. The van der Waals surface area contributed by atoms with Crippen LogP contribution in [0, 0.1) is 0 Å². The van der Waals surface area contributed by atoms with Crippen LogP contribution >= 0.6 is 0 Å². The Balaban J connectivity index is 1.74. The van der Waals surface area contributed by atoms with E-state index in [2.05, 4.69) is 0 Å². The van der Waals surface area contributed by atoms with E-state index in [0.29, 0.717) is 6.61 Å². The Kier molecular flexibility index (Phi) is 5.42. The summed E-state index contributed by atoms with van der Waals surface area (Å²) in [4.78, 5) is 11.5. The van der Waals surface area contributed by atoms with Crippen molar-refractivity contribution in [3.63, 3.8) is 0 Å². The van der Waals surface area contributed by atoms with Gasteiger partial charge < -0.3 is 0 Å². The first kappa shape index (κ1) is 13.6. The number of benzene rings is 2. The van der Waals surface area contributed by atoms with Crippen molar-refractivity contribution in [3.05, 3.63) is 72.3 Å². The van der Waals surface area contributed by atoms with Crippen LogP contribution in [0.15, 0.2) is 66.7 Å². The van der Waals surface area contributed by atoms with Crippen LogP contribution in [0.4, 0.5) is 4.79 Å². The molecule has 3 heteroatoms. The molecule has 0 saturated heterocycles. The van der Waals surface area contributed by atoms with Gasteiger partial charge in [-0.15, -0.1) is 0 Å². The molecule has 0 N–H and O–H groups in total. The Labute approximate surface area is 119 Å². The molecule has 0 aromatic heterocycles. The molecule has 0 aliphatic rings. The van der Waals surface area contributed by atoms with Crippen LogP contribution in [0.5, 0.6) is 0 Å². The molecule has 2 aromatic rings. The average molecular weight is 317 g/mol. The van der Waals surface area contributed by atoms with Gasteiger partial charge in [-0.1, -0.05) is 0 Å². The molecule has 19 heavy (non-hydrogen) atoms. The molecule has 0 unspecified atom stereocenters. The fourth-order valence-electron chi connectivity index (χ4n) is 1.48. The quantitative estimate of drug-likeness (QED) is 0.793. The van der Waals surface area contributed by atoms with Crippen LogP contribution in [-0.2, 0) is 4.74 Å². The molecule has 0 amide bonds. The van der Waals surface area contributed by atoms with Gasteiger partial charge in [-0.25, -0.2) is 0 Å². The summed E-state index contributed by atoms with van der Waals surface area (Å²) < 4.78 is 6.20. The van der Waals surface area contributed by atoms with Crippen LogP contribution < -0.4 is 4.46 Å². The van der Waals surface area contributed by atoms with E-state index in [-0.39, 0.29) is 19.8 Å². The molecule has 2 nitrogen and oxygen atoms in total. The molecule has 0 atom stereocenters. The molecule has 0 bridgehead atoms. The zero-order chi connectivity index (χ0) is 13.3. The van der Waals surface area contributed by atoms with Crippen molar-refractivity contribution in [3.8, 4) is 0 Å². The SMILES string of the molecule is O=C(OC/C=C/c1ccccc1)[Se]c1ccccc1. The van der Waals surface area contributed by atoms with Gasteiger partial charge in [0.1, 0.15) is 0 Å². The second-order valence-electron chi connectivity index (χ2n) is 3.79. The predicted octanol–water partition coefficient (Wildman–Crippen LogP) is 2.87. The fraction of sp³-hybridized carbons (Fsp3) is 0.0625. The zero-order valence-corrected chi connectivity index (χ0v) is 12.1. The molecular weight excluding hydrogens is 303 g/mol. The average Bonchev–Trinajstić information content (AvgIpc) is 2.46. The van der Waals surface area contributed by atoms with Crippen LogP contribution in [0.2, 0.25) is 0 Å². The maximum atomic E-state index is 11.6. The molecule has 96 valence electrons. The van der Waals surface area contributed by atoms with E-state index in [1.807, 2.05) is 72.8 Å². The second-order valence-corrected chi connectivity index (χ2v) is 5.91. The van der Waals surface area contributed by atoms with Crippen molar-refractivity contribution in [1.82, 2.24) is 0 Å². The van der Waals surface area contributed by atoms with Gasteiger partial charge in [0.15, 0.2) is 0 Å². The molecule has 0 aliphatic carbocycles. The van der Waals surface area contributed by atoms with E-state index >= 15 is 0 Å². The van der Waals surface area contributed by atoms with Gasteiger partial charge in [-0.05, 0) is 0 Å². The minimum absolute atomic E-state index is 0.142. The van der Waals surface area contributed by atoms with E-state index in [4.69, 9.17) is 4.74 Å². The van der Waals surface area contributed by atoms with Crippen molar-refractivity contribution in [2.45, 2.75) is 0 Å². The molecule has 0 aliphatic heterocycles. The second kappa shape index (κ2) is 7.57. The number of ether oxygens (including phenoxy) is 1. The van der Waals surface area contributed by atoms with Crippen molar-refractivity contribution in [2.24, 2.45) is 0 Å². The number of carbonyl (C=O) groups excluding carboxylic acids is 1. The number of hydrogen-bond donors (Lipinski definition) is 0. The summed E-state index contributed by atoms with van der Waals surface area (Å²) in [6.45, 7) is 0.322. The molecule has 0 saturated carbocycles. The summed E-state index contributed by atoms with van der Waals surface area (Å²) in [5, 5.41) is 0. The Morgan fingerprint density at radius 1 is 1.00 bits per heavy atom. The van der Waals surface area contributed by atoms with E-state index in [0.717, 1.165) is 10.0 Å². The number of hydrogen-bond acceptors (Lipinski definition) is 2. The third kappa shape index (κ3) is 5.12. The van der Waals surface area contributed by atoms with Crippen molar-refractivity contribution < 1.29 is 9.53 Å². The summed E-state index contributed by atoms with van der Waals surface area (Å²) in [5.41, 5.74) is 1.10. The first-order chi connectivity index (χ1) is 9.34. The summed E-state index contributed by atoms with van der Waals surface area (Å²) in [6, 6.07) is 19.6. The van der Waals surface area contributed by atoms with Crippen LogP contribution in [-0.4, -0.2) is 26.4 Å². The third-order valence-electron chi connectivity index (χ3n) is 2.35. The Hall–Kier alpha value is -1.83. The summed E-state index contributed by atoms with van der Waals surface area (Å²) in [5.74, 6) is 0. The van der Waals surface area contributed by atoms with Gasteiger partial charge in [-0.3, -0.25) is 0 Å². The van der Waals surface area contributed by atoms with Crippen LogP contribution in [0.3, 0.4) is 0 Å². The third-order valence-corrected chi connectivity index (χ3v) is 4.01. The number of carbonyl (C=O) groups is 1. The van der Waals surface area contributed by atoms with E-state index in [9.17, 15) is 4.79 Å². The van der Waals surface area contributed by atoms with Crippen molar-refractivity contribution in [2.75, 3.05) is 6.61 Å². The molecule has 0 heterocycles. The van der Waals surface area contributed by atoms with Gasteiger partial charge in [-0.2, -0.15) is 0 Å². The van der Waals surface area contributed by atoms with Crippen molar-refractivity contribution >= 4 is 30.4 Å². The van der Waals surface area contributed by atoms with Gasteiger partial charge in [0.05, 0.1) is 0 Å². The first-order valence-corrected chi connectivity index (χ1v) is 7.67. The zero-order valence-electron chi connectivity index (χ0n) is 10.4. The van der Waals surface area contributed by atoms with Gasteiger partial charge >= 0.3 is 119 Å².